The summed E-state index contributed by atoms with van der Waals surface area (Å²) in [5.74, 6) is 0.584. The van der Waals surface area contributed by atoms with Crippen molar-refractivity contribution in [3.63, 3.8) is 0 Å². The zero-order valence-electron chi connectivity index (χ0n) is 20.3. The van der Waals surface area contributed by atoms with Gasteiger partial charge in [0.2, 0.25) is 0 Å². The maximum atomic E-state index is 13.5. The largest absolute Gasteiger partial charge is 0.490 e. The van der Waals surface area contributed by atoms with Gasteiger partial charge in [-0.2, -0.15) is 18.3 Å². The van der Waals surface area contributed by atoms with E-state index in [0.29, 0.717) is 29.8 Å². The summed E-state index contributed by atoms with van der Waals surface area (Å²) in [6.07, 6.45) is -1.36. The second-order valence-electron chi connectivity index (χ2n) is 8.68. The molecule has 200 valence electrons. The van der Waals surface area contributed by atoms with Crippen LogP contribution in [-0.4, -0.2) is 29.3 Å². The van der Waals surface area contributed by atoms with Gasteiger partial charge in [-0.25, -0.2) is 13.4 Å². The number of thiazole rings is 1. The van der Waals surface area contributed by atoms with Crippen LogP contribution in [0.5, 0.6) is 11.5 Å². The molecule has 8 nitrogen and oxygen atoms in total. The molecule has 0 bridgehead atoms. The van der Waals surface area contributed by atoms with Gasteiger partial charge in [-0.1, -0.05) is 13.0 Å². The molecule has 13 heteroatoms. The highest BCUT2D eigenvalue weighted by molar-refractivity contribution is 7.93. The van der Waals surface area contributed by atoms with Crippen molar-refractivity contribution in [3.05, 3.63) is 71.4 Å². The molecule has 0 spiro atoms. The molecule has 2 aromatic carbocycles. The van der Waals surface area contributed by atoms with Gasteiger partial charge in [0, 0.05) is 48.4 Å². The number of hydrogen-bond donors (Lipinski definition) is 1. The van der Waals surface area contributed by atoms with Gasteiger partial charge < -0.3 is 9.47 Å². The second kappa shape index (κ2) is 9.95. The van der Waals surface area contributed by atoms with Crippen LogP contribution in [-0.2, 0) is 23.2 Å². The molecule has 0 amide bonds. The lowest BCUT2D eigenvalue weighted by Crippen LogP contribution is -2.28. The van der Waals surface area contributed by atoms with Crippen molar-refractivity contribution < 1.29 is 31.1 Å². The zero-order chi connectivity index (χ0) is 27.1. The Hall–Kier alpha value is -3.58. The fourth-order valence-electron chi connectivity index (χ4n) is 4.25. The molecular formula is C25H23F3N4O4S2. The van der Waals surface area contributed by atoms with E-state index in [0.717, 1.165) is 23.5 Å². The summed E-state index contributed by atoms with van der Waals surface area (Å²) in [6.45, 7) is 1.93. The van der Waals surface area contributed by atoms with E-state index in [1.807, 2.05) is 6.92 Å². The van der Waals surface area contributed by atoms with E-state index in [9.17, 15) is 21.6 Å². The lowest BCUT2D eigenvalue weighted by atomic mass is 9.97. The molecule has 5 rings (SSSR count). The summed E-state index contributed by atoms with van der Waals surface area (Å²) in [6, 6.07) is 9.42. The molecule has 0 radical (unpaired) electrons. The summed E-state index contributed by atoms with van der Waals surface area (Å²) in [7, 11) is -2.28. The number of fused-ring (bicyclic) bond motifs is 1. The van der Waals surface area contributed by atoms with E-state index in [1.165, 1.54) is 35.3 Å². The minimum atomic E-state index is -4.53. The van der Waals surface area contributed by atoms with E-state index in [1.54, 1.807) is 24.6 Å². The highest BCUT2D eigenvalue weighted by Crippen LogP contribution is 2.43. The summed E-state index contributed by atoms with van der Waals surface area (Å²) in [4.78, 5) is 3.95. The van der Waals surface area contributed by atoms with Crippen LogP contribution in [0.3, 0.4) is 0 Å². The van der Waals surface area contributed by atoms with Crippen molar-refractivity contribution in [2.75, 3.05) is 4.72 Å². The molecule has 0 aliphatic carbocycles. The van der Waals surface area contributed by atoms with Crippen molar-refractivity contribution in [2.45, 2.75) is 43.0 Å². The van der Waals surface area contributed by atoms with Crippen molar-refractivity contribution in [1.29, 1.82) is 0 Å². The Labute approximate surface area is 221 Å². The average molecular weight is 565 g/mol. The molecule has 1 aliphatic rings. The standard InChI is InChI=1S/C25H23F3N4O4S2/c1-3-16-13-22(18-6-5-17(14-23(18)35-16)38(33,34)31-24-29-10-11-37-24)36-21-7-4-15(25(26,27)28)12-19(21)20-8-9-30-32(20)2/h4-12,14,16,22H,3,13H2,1-2H3,(H,29,31)/t16-,22+/m0/s1. The number of rotatable bonds is 7. The molecule has 1 aliphatic heterocycles. The van der Waals surface area contributed by atoms with E-state index in [-0.39, 0.29) is 27.4 Å². The number of halogens is 3. The quantitative estimate of drug-likeness (QED) is 0.294. The first-order valence-corrected chi connectivity index (χ1v) is 14.0. The predicted octanol–water partition coefficient (Wildman–Crippen LogP) is 6.04. The zero-order valence-corrected chi connectivity index (χ0v) is 21.9. The smallest absolute Gasteiger partial charge is 0.416 e. The fraction of sp³-hybridized carbons (Fsp3) is 0.280. The third-order valence-corrected chi connectivity index (χ3v) is 8.35. The third kappa shape index (κ3) is 5.20. The first kappa shape index (κ1) is 26.0. The van der Waals surface area contributed by atoms with Crippen molar-refractivity contribution in [2.24, 2.45) is 7.05 Å². The van der Waals surface area contributed by atoms with Crippen LogP contribution in [0.25, 0.3) is 11.3 Å². The maximum Gasteiger partial charge on any atom is 0.416 e. The lowest BCUT2D eigenvalue weighted by molar-refractivity contribution is -0.137. The van der Waals surface area contributed by atoms with Gasteiger partial charge >= 0.3 is 6.18 Å². The highest BCUT2D eigenvalue weighted by atomic mass is 32.2. The number of anilines is 1. The lowest BCUT2D eigenvalue weighted by Gasteiger charge is -2.33. The summed E-state index contributed by atoms with van der Waals surface area (Å²) in [5.41, 5.74) is 0.495. The number of hydrogen-bond acceptors (Lipinski definition) is 7. The molecule has 1 N–H and O–H groups in total. The topological polar surface area (TPSA) is 95.3 Å². The number of sulfonamides is 1. The van der Waals surface area contributed by atoms with Crippen LogP contribution >= 0.6 is 11.3 Å². The number of aromatic nitrogens is 3. The molecule has 0 saturated carbocycles. The van der Waals surface area contributed by atoms with E-state index >= 15 is 0 Å². The second-order valence-corrected chi connectivity index (χ2v) is 11.3. The molecule has 0 saturated heterocycles. The average Bonchev–Trinajstić information content (AvgIpc) is 3.54. The van der Waals surface area contributed by atoms with Crippen LogP contribution in [0.15, 0.2) is 65.1 Å². The Morgan fingerprint density at radius 1 is 1.18 bits per heavy atom. The van der Waals surface area contributed by atoms with Crippen LogP contribution in [0.4, 0.5) is 18.3 Å². The monoisotopic (exact) mass is 564 g/mol. The number of aryl methyl sites for hydroxylation is 1. The minimum absolute atomic E-state index is 0.00735. The Balaban J connectivity index is 1.52. The van der Waals surface area contributed by atoms with Crippen molar-refractivity contribution in [1.82, 2.24) is 14.8 Å². The summed E-state index contributed by atoms with van der Waals surface area (Å²) >= 11 is 1.15. The minimum Gasteiger partial charge on any atom is -0.490 e. The Morgan fingerprint density at radius 2 is 2.00 bits per heavy atom. The van der Waals surface area contributed by atoms with Gasteiger partial charge in [0.25, 0.3) is 10.0 Å². The Morgan fingerprint density at radius 3 is 2.66 bits per heavy atom. The molecular weight excluding hydrogens is 541 g/mol. The van der Waals surface area contributed by atoms with Gasteiger partial charge in [-0.3, -0.25) is 9.40 Å². The molecule has 4 aromatic rings. The predicted molar refractivity (Wildman–Crippen MR) is 136 cm³/mol. The number of ether oxygens (including phenoxy) is 2. The first-order chi connectivity index (χ1) is 18.0. The number of alkyl halides is 3. The molecule has 3 heterocycles. The van der Waals surface area contributed by atoms with E-state index < -0.39 is 27.9 Å². The fourth-order valence-corrected chi connectivity index (χ4v) is 6.06. The number of nitrogens with zero attached hydrogens (tertiary/aromatic N) is 3. The molecule has 2 aromatic heterocycles. The number of benzene rings is 2. The van der Waals surface area contributed by atoms with Crippen LogP contribution in [0, 0.1) is 0 Å². The Bertz CT molecular complexity index is 1550. The molecule has 2 atom stereocenters. The first-order valence-electron chi connectivity index (χ1n) is 11.6. The van der Waals surface area contributed by atoms with Gasteiger partial charge in [-0.05, 0) is 36.8 Å². The van der Waals surface area contributed by atoms with Crippen molar-refractivity contribution >= 4 is 26.5 Å². The van der Waals surface area contributed by atoms with Gasteiger partial charge in [-0.15, -0.1) is 11.3 Å². The van der Waals surface area contributed by atoms with Crippen LogP contribution in [0.1, 0.15) is 37.0 Å². The van der Waals surface area contributed by atoms with Crippen LogP contribution < -0.4 is 14.2 Å². The van der Waals surface area contributed by atoms with E-state index in [2.05, 4.69) is 14.8 Å². The number of nitrogens with one attached hydrogen (secondary N) is 1. The summed E-state index contributed by atoms with van der Waals surface area (Å²) in [5, 5.41) is 5.98. The third-order valence-electron chi connectivity index (χ3n) is 6.20. The summed E-state index contributed by atoms with van der Waals surface area (Å²) < 4.78 is 82.6. The SMILES string of the molecule is CC[C@H]1C[C@@H](Oc2ccc(C(F)(F)F)cc2-c2ccnn2C)c2ccc(S(=O)(=O)Nc3nccs3)cc2O1. The van der Waals surface area contributed by atoms with Crippen molar-refractivity contribution in [3.8, 4) is 22.8 Å². The normalized spacial score (nSPS) is 17.5. The van der Waals surface area contributed by atoms with Gasteiger partial charge in [0.05, 0.1) is 16.2 Å². The molecule has 0 fully saturated rings. The van der Waals surface area contributed by atoms with E-state index in [4.69, 9.17) is 9.47 Å². The van der Waals surface area contributed by atoms with Gasteiger partial charge in [0.1, 0.15) is 23.7 Å². The maximum absolute atomic E-state index is 13.5. The van der Waals surface area contributed by atoms with Gasteiger partial charge in [0.15, 0.2) is 5.13 Å². The Kier molecular flexibility index (Phi) is 6.82. The molecule has 0 unspecified atom stereocenters. The molecule has 38 heavy (non-hydrogen) atoms. The van der Waals surface area contributed by atoms with Crippen LogP contribution in [0.2, 0.25) is 0 Å². The highest BCUT2D eigenvalue weighted by Gasteiger charge is 2.34.